The molecule has 0 spiro atoms. The number of H-pyrrole nitrogens is 1. The quantitative estimate of drug-likeness (QED) is 0.566. The lowest BCUT2D eigenvalue weighted by atomic mass is 10.1. The number of nitrogens with zero attached hydrogens (tertiary/aromatic N) is 3. The van der Waals surface area contributed by atoms with E-state index < -0.39 is 0 Å². The SMILES string of the molecule is COc1cccc(Cc2nnc(Nc3ccc4[nH]ncc4c3)o2)c1.Cl. The monoisotopic (exact) mass is 357 g/mol. The van der Waals surface area contributed by atoms with Gasteiger partial charge < -0.3 is 14.5 Å². The van der Waals surface area contributed by atoms with E-state index in [2.05, 4.69) is 25.7 Å². The van der Waals surface area contributed by atoms with E-state index in [0.29, 0.717) is 18.3 Å². The van der Waals surface area contributed by atoms with Crippen LogP contribution in [-0.2, 0) is 6.42 Å². The first kappa shape index (κ1) is 16.8. The molecular formula is C17H16ClN5O2. The molecule has 0 atom stereocenters. The molecule has 128 valence electrons. The molecule has 0 fully saturated rings. The zero-order chi connectivity index (χ0) is 16.4. The summed E-state index contributed by atoms with van der Waals surface area (Å²) in [6.07, 6.45) is 2.31. The predicted octanol–water partition coefficient (Wildman–Crippen LogP) is 3.71. The minimum absolute atomic E-state index is 0. The van der Waals surface area contributed by atoms with Crippen LogP contribution in [0.5, 0.6) is 5.75 Å². The van der Waals surface area contributed by atoms with Gasteiger partial charge in [0.2, 0.25) is 5.89 Å². The van der Waals surface area contributed by atoms with E-state index in [-0.39, 0.29) is 12.4 Å². The van der Waals surface area contributed by atoms with Crippen molar-refractivity contribution >= 4 is 35.0 Å². The van der Waals surface area contributed by atoms with E-state index in [1.54, 1.807) is 13.3 Å². The highest BCUT2D eigenvalue weighted by Crippen LogP contribution is 2.21. The van der Waals surface area contributed by atoms with Gasteiger partial charge in [0.25, 0.3) is 0 Å². The zero-order valence-electron chi connectivity index (χ0n) is 13.4. The molecule has 8 heteroatoms. The lowest BCUT2D eigenvalue weighted by Gasteiger charge is -2.02. The number of fused-ring (bicyclic) bond motifs is 1. The third-order valence-electron chi connectivity index (χ3n) is 3.65. The highest BCUT2D eigenvalue weighted by molar-refractivity contribution is 5.85. The van der Waals surface area contributed by atoms with Crippen LogP contribution in [0.3, 0.4) is 0 Å². The second-order valence-corrected chi connectivity index (χ2v) is 5.33. The topological polar surface area (TPSA) is 88.9 Å². The molecule has 0 aliphatic rings. The summed E-state index contributed by atoms with van der Waals surface area (Å²) in [4.78, 5) is 0. The van der Waals surface area contributed by atoms with Crippen LogP contribution in [0, 0.1) is 0 Å². The van der Waals surface area contributed by atoms with Crippen LogP contribution in [-0.4, -0.2) is 27.5 Å². The number of hydrogen-bond acceptors (Lipinski definition) is 6. The van der Waals surface area contributed by atoms with Crippen molar-refractivity contribution in [1.82, 2.24) is 20.4 Å². The van der Waals surface area contributed by atoms with Gasteiger partial charge in [-0.05, 0) is 35.9 Å². The molecule has 0 unspecified atom stereocenters. The fourth-order valence-electron chi connectivity index (χ4n) is 2.48. The number of aromatic nitrogens is 4. The summed E-state index contributed by atoms with van der Waals surface area (Å²) < 4.78 is 10.9. The van der Waals surface area contributed by atoms with Crippen molar-refractivity contribution in [3.63, 3.8) is 0 Å². The van der Waals surface area contributed by atoms with Crippen molar-refractivity contribution in [2.75, 3.05) is 12.4 Å². The van der Waals surface area contributed by atoms with E-state index in [0.717, 1.165) is 27.9 Å². The average Bonchev–Trinajstić information content (AvgIpc) is 3.24. The Morgan fingerprint density at radius 1 is 1.16 bits per heavy atom. The third kappa shape index (κ3) is 3.72. The largest absolute Gasteiger partial charge is 0.497 e. The molecule has 25 heavy (non-hydrogen) atoms. The second-order valence-electron chi connectivity index (χ2n) is 5.33. The molecule has 2 N–H and O–H groups in total. The Morgan fingerprint density at radius 3 is 2.96 bits per heavy atom. The summed E-state index contributed by atoms with van der Waals surface area (Å²) in [5, 5.41) is 19.1. The van der Waals surface area contributed by atoms with Gasteiger partial charge in [-0.1, -0.05) is 17.2 Å². The van der Waals surface area contributed by atoms with Gasteiger partial charge in [0.05, 0.1) is 25.2 Å². The van der Waals surface area contributed by atoms with Crippen LogP contribution in [0.4, 0.5) is 11.7 Å². The van der Waals surface area contributed by atoms with Gasteiger partial charge in [-0.25, -0.2) is 0 Å². The maximum absolute atomic E-state index is 5.66. The summed E-state index contributed by atoms with van der Waals surface area (Å²) in [5.74, 6) is 1.34. The van der Waals surface area contributed by atoms with Crippen LogP contribution >= 0.6 is 12.4 Å². The lowest BCUT2D eigenvalue weighted by molar-refractivity contribution is 0.414. The standard InChI is InChI=1S/C17H15N5O2.ClH/c1-23-14-4-2-3-11(7-14)8-16-21-22-17(24-16)19-13-5-6-15-12(9-13)10-18-20-15;/h2-7,9-10H,8H2,1H3,(H,18,20)(H,19,22);1H. The summed E-state index contributed by atoms with van der Waals surface area (Å²) in [5.41, 5.74) is 2.88. The Balaban J connectivity index is 0.00000182. The van der Waals surface area contributed by atoms with E-state index in [9.17, 15) is 0 Å². The molecule has 2 aromatic heterocycles. The second kappa shape index (κ2) is 7.23. The molecule has 2 heterocycles. The minimum atomic E-state index is 0. The Kier molecular flexibility index (Phi) is 4.85. The molecule has 7 nitrogen and oxygen atoms in total. The molecule has 4 rings (SSSR count). The first-order valence-electron chi connectivity index (χ1n) is 7.45. The predicted molar refractivity (Wildman–Crippen MR) is 96.7 cm³/mol. The third-order valence-corrected chi connectivity index (χ3v) is 3.65. The van der Waals surface area contributed by atoms with Crippen LogP contribution < -0.4 is 10.1 Å². The summed E-state index contributed by atoms with van der Waals surface area (Å²) in [7, 11) is 1.64. The molecule has 0 aliphatic carbocycles. The van der Waals surface area contributed by atoms with E-state index in [1.165, 1.54) is 0 Å². The smallest absolute Gasteiger partial charge is 0.320 e. The van der Waals surface area contributed by atoms with E-state index in [1.807, 2.05) is 42.5 Å². The summed E-state index contributed by atoms with van der Waals surface area (Å²) >= 11 is 0. The number of aromatic amines is 1. The Labute approximate surface area is 149 Å². The van der Waals surface area contributed by atoms with Crippen LogP contribution in [0.2, 0.25) is 0 Å². The van der Waals surface area contributed by atoms with Crippen LogP contribution in [0.15, 0.2) is 53.1 Å². The van der Waals surface area contributed by atoms with Gasteiger partial charge in [-0.2, -0.15) is 5.10 Å². The van der Waals surface area contributed by atoms with Gasteiger partial charge in [0, 0.05) is 11.1 Å². The van der Waals surface area contributed by atoms with E-state index >= 15 is 0 Å². The number of rotatable bonds is 5. The molecule has 0 bridgehead atoms. The number of ether oxygens (including phenoxy) is 1. The van der Waals surface area contributed by atoms with E-state index in [4.69, 9.17) is 9.15 Å². The van der Waals surface area contributed by atoms with Crippen molar-refractivity contribution in [3.05, 3.63) is 60.1 Å². The van der Waals surface area contributed by atoms with Gasteiger partial charge in [-0.15, -0.1) is 17.5 Å². The normalized spacial score (nSPS) is 10.4. The lowest BCUT2D eigenvalue weighted by Crippen LogP contribution is -1.90. The van der Waals surface area contributed by atoms with Gasteiger partial charge in [0.1, 0.15) is 5.75 Å². The minimum Gasteiger partial charge on any atom is -0.497 e. The van der Waals surface area contributed by atoms with Gasteiger partial charge >= 0.3 is 6.01 Å². The van der Waals surface area contributed by atoms with Crippen molar-refractivity contribution in [3.8, 4) is 5.75 Å². The van der Waals surface area contributed by atoms with Crippen molar-refractivity contribution in [1.29, 1.82) is 0 Å². The van der Waals surface area contributed by atoms with Gasteiger partial charge in [0.15, 0.2) is 0 Å². The molecule has 0 aliphatic heterocycles. The fraction of sp³-hybridized carbons (Fsp3) is 0.118. The molecule has 0 saturated heterocycles. The summed E-state index contributed by atoms with van der Waals surface area (Å²) in [6, 6.07) is 14.0. The molecule has 2 aromatic carbocycles. The van der Waals surface area contributed by atoms with Crippen LogP contribution in [0.25, 0.3) is 10.9 Å². The first-order valence-corrected chi connectivity index (χ1v) is 7.45. The number of anilines is 2. The molecular weight excluding hydrogens is 342 g/mol. The number of methoxy groups -OCH3 is 1. The van der Waals surface area contributed by atoms with Crippen molar-refractivity contribution in [2.24, 2.45) is 0 Å². The fourth-order valence-corrected chi connectivity index (χ4v) is 2.48. The maximum atomic E-state index is 5.66. The number of hydrogen-bond donors (Lipinski definition) is 2. The van der Waals surface area contributed by atoms with Gasteiger partial charge in [-0.3, -0.25) is 5.10 Å². The molecule has 0 radical (unpaired) electrons. The Hall–Kier alpha value is -3.06. The maximum Gasteiger partial charge on any atom is 0.320 e. The van der Waals surface area contributed by atoms with Crippen molar-refractivity contribution < 1.29 is 9.15 Å². The average molecular weight is 358 g/mol. The highest BCUT2D eigenvalue weighted by atomic mass is 35.5. The van der Waals surface area contributed by atoms with Crippen molar-refractivity contribution in [2.45, 2.75) is 6.42 Å². The molecule has 4 aromatic rings. The highest BCUT2D eigenvalue weighted by Gasteiger charge is 2.08. The zero-order valence-corrected chi connectivity index (χ0v) is 14.2. The molecule has 0 saturated carbocycles. The number of nitrogens with one attached hydrogen (secondary N) is 2. The Morgan fingerprint density at radius 2 is 2.08 bits per heavy atom. The number of halogens is 1. The summed E-state index contributed by atoms with van der Waals surface area (Å²) in [6.45, 7) is 0. The van der Waals surface area contributed by atoms with Crippen LogP contribution in [0.1, 0.15) is 11.5 Å². The number of benzene rings is 2. The first-order chi connectivity index (χ1) is 11.8. The molecule has 0 amide bonds. The Bertz CT molecular complexity index is 982.